The van der Waals surface area contributed by atoms with Crippen LogP contribution >= 0.6 is 22.9 Å². The molecule has 0 fully saturated rings. The number of nitrogens with zero attached hydrogens (tertiary/aromatic N) is 1. The second-order valence-corrected chi connectivity index (χ2v) is 8.13. The molecular formula is C24H21ClN2O4S. The van der Waals surface area contributed by atoms with Gasteiger partial charge in [-0.25, -0.2) is 4.90 Å². The number of carbonyl (C=O) groups excluding carboxylic acids is 2. The second kappa shape index (κ2) is 9.46. The molecule has 1 aliphatic rings. The lowest BCUT2D eigenvalue weighted by atomic mass is 10.1. The van der Waals surface area contributed by atoms with E-state index >= 15 is 0 Å². The number of ether oxygens (including phenoxy) is 2. The van der Waals surface area contributed by atoms with E-state index in [1.54, 1.807) is 42.5 Å². The van der Waals surface area contributed by atoms with Crippen LogP contribution in [0.25, 0.3) is 5.57 Å². The average Bonchev–Trinajstić information content (AvgIpc) is 3.38. The highest BCUT2D eigenvalue weighted by atomic mass is 35.5. The number of para-hydroxylation sites is 1. The minimum Gasteiger partial charge on any atom is -0.490 e. The van der Waals surface area contributed by atoms with Crippen LogP contribution in [0.2, 0.25) is 5.02 Å². The first-order valence-electron chi connectivity index (χ1n) is 10.1. The van der Waals surface area contributed by atoms with Crippen molar-refractivity contribution in [2.75, 3.05) is 23.4 Å². The maximum absolute atomic E-state index is 13.4. The molecule has 0 radical (unpaired) electrons. The molecule has 164 valence electrons. The number of halogens is 1. The molecule has 0 bridgehead atoms. The fraction of sp³-hybridized carbons (Fsp3) is 0.167. The number of hydrogen-bond donors (Lipinski definition) is 1. The van der Waals surface area contributed by atoms with Gasteiger partial charge in [-0.2, -0.15) is 0 Å². The van der Waals surface area contributed by atoms with Crippen molar-refractivity contribution in [3.05, 3.63) is 75.6 Å². The maximum atomic E-state index is 13.4. The Morgan fingerprint density at radius 1 is 0.938 bits per heavy atom. The maximum Gasteiger partial charge on any atom is 0.282 e. The third-order valence-corrected chi connectivity index (χ3v) is 5.96. The third-order valence-electron chi connectivity index (χ3n) is 4.76. The summed E-state index contributed by atoms with van der Waals surface area (Å²) in [6.45, 7) is 4.74. The first-order valence-corrected chi connectivity index (χ1v) is 11.4. The van der Waals surface area contributed by atoms with Crippen LogP contribution in [0.1, 0.15) is 18.7 Å². The van der Waals surface area contributed by atoms with E-state index in [0.717, 1.165) is 4.90 Å². The summed E-state index contributed by atoms with van der Waals surface area (Å²) < 4.78 is 11.3. The third kappa shape index (κ3) is 4.09. The lowest BCUT2D eigenvalue weighted by molar-refractivity contribution is -0.120. The first-order chi connectivity index (χ1) is 15.5. The van der Waals surface area contributed by atoms with Gasteiger partial charge in [0.2, 0.25) is 0 Å². The Hall–Kier alpha value is -3.29. The van der Waals surface area contributed by atoms with Gasteiger partial charge >= 0.3 is 0 Å². The van der Waals surface area contributed by atoms with Crippen LogP contribution in [0.15, 0.2) is 65.7 Å². The van der Waals surface area contributed by atoms with Gasteiger partial charge in [0, 0.05) is 16.6 Å². The summed E-state index contributed by atoms with van der Waals surface area (Å²) in [6.07, 6.45) is 0. The zero-order valence-corrected chi connectivity index (χ0v) is 19.1. The Labute approximate surface area is 195 Å². The minimum atomic E-state index is -0.474. The molecule has 3 aromatic rings. The number of anilines is 2. The Kier molecular flexibility index (Phi) is 6.48. The van der Waals surface area contributed by atoms with Gasteiger partial charge in [0.25, 0.3) is 11.8 Å². The van der Waals surface area contributed by atoms with Gasteiger partial charge in [-0.05, 0) is 49.6 Å². The number of amides is 2. The molecule has 2 aromatic carbocycles. The Morgan fingerprint density at radius 2 is 1.69 bits per heavy atom. The van der Waals surface area contributed by atoms with Crippen LogP contribution in [0.3, 0.4) is 0 Å². The van der Waals surface area contributed by atoms with Crippen molar-refractivity contribution in [1.29, 1.82) is 0 Å². The summed E-state index contributed by atoms with van der Waals surface area (Å²) in [6, 6.07) is 15.7. The van der Waals surface area contributed by atoms with Gasteiger partial charge in [-0.3, -0.25) is 9.59 Å². The largest absolute Gasteiger partial charge is 0.490 e. The lowest BCUT2D eigenvalue weighted by Gasteiger charge is -2.17. The summed E-state index contributed by atoms with van der Waals surface area (Å²) in [7, 11) is 0. The van der Waals surface area contributed by atoms with Gasteiger partial charge < -0.3 is 14.8 Å². The molecule has 0 saturated heterocycles. The van der Waals surface area contributed by atoms with Gasteiger partial charge in [0.05, 0.1) is 29.5 Å². The molecule has 6 nitrogen and oxygen atoms in total. The van der Waals surface area contributed by atoms with E-state index in [9.17, 15) is 9.59 Å². The number of thiophene rings is 1. The monoisotopic (exact) mass is 468 g/mol. The van der Waals surface area contributed by atoms with Crippen molar-refractivity contribution in [1.82, 2.24) is 0 Å². The van der Waals surface area contributed by atoms with Gasteiger partial charge in [0.15, 0.2) is 11.5 Å². The molecule has 8 heteroatoms. The fourth-order valence-electron chi connectivity index (χ4n) is 3.42. The molecule has 2 heterocycles. The van der Waals surface area contributed by atoms with E-state index in [0.29, 0.717) is 51.6 Å². The van der Waals surface area contributed by atoms with Gasteiger partial charge in [-0.15, -0.1) is 11.3 Å². The summed E-state index contributed by atoms with van der Waals surface area (Å²) in [4.78, 5) is 28.6. The Morgan fingerprint density at radius 3 is 2.38 bits per heavy atom. The summed E-state index contributed by atoms with van der Waals surface area (Å²) in [5, 5.41) is 5.32. The summed E-state index contributed by atoms with van der Waals surface area (Å²) in [5.74, 6) is 0.263. The normalized spacial score (nSPS) is 13.7. The predicted octanol–water partition coefficient (Wildman–Crippen LogP) is 5.60. The number of nitrogens with one attached hydrogen (secondary N) is 1. The molecule has 0 saturated carbocycles. The van der Waals surface area contributed by atoms with E-state index in [4.69, 9.17) is 21.1 Å². The van der Waals surface area contributed by atoms with Crippen LogP contribution in [0.5, 0.6) is 11.5 Å². The number of imide groups is 1. The van der Waals surface area contributed by atoms with Gasteiger partial charge in [0.1, 0.15) is 5.70 Å². The van der Waals surface area contributed by atoms with Gasteiger partial charge in [-0.1, -0.05) is 29.8 Å². The number of rotatable bonds is 8. The van der Waals surface area contributed by atoms with Crippen molar-refractivity contribution in [2.45, 2.75) is 13.8 Å². The number of carbonyl (C=O) groups is 2. The first kappa shape index (κ1) is 21.9. The van der Waals surface area contributed by atoms with Crippen molar-refractivity contribution in [3.8, 4) is 11.5 Å². The highest BCUT2D eigenvalue weighted by Crippen LogP contribution is 2.39. The smallest absolute Gasteiger partial charge is 0.282 e. The topological polar surface area (TPSA) is 67.9 Å². The predicted molar refractivity (Wildman–Crippen MR) is 128 cm³/mol. The highest BCUT2D eigenvalue weighted by Gasteiger charge is 2.41. The SMILES string of the molecule is CCOc1ccc(NC2=C(c3cccs3)C(=O)N(c3ccccc3Cl)C2=O)cc1OCC. The summed E-state index contributed by atoms with van der Waals surface area (Å²) in [5.41, 5.74) is 1.43. The molecular weight excluding hydrogens is 448 g/mol. The minimum absolute atomic E-state index is 0.184. The van der Waals surface area contributed by atoms with Crippen molar-refractivity contribution < 1.29 is 19.1 Å². The molecule has 32 heavy (non-hydrogen) atoms. The standard InChI is InChI=1S/C24H21ClN2O4S/c1-3-30-18-12-11-15(14-19(18)31-4-2)26-22-21(20-10-7-13-32-20)23(28)27(24(22)29)17-9-6-5-8-16(17)25/h5-14,26H,3-4H2,1-2H3. The lowest BCUT2D eigenvalue weighted by Crippen LogP contribution is -2.32. The molecule has 0 atom stereocenters. The number of hydrogen-bond acceptors (Lipinski definition) is 6. The fourth-order valence-corrected chi connectivity index (χ4v) is 4.41. The van der Waals surface area contributed by atoms with Crippen LogP contribution in [-0.4, -0.2) is 25.0 Å². The van der Waals surface area contributed by atoms with Crippen LogP contribution in [0, 0.1) is 0 Å². The van der Waals surface area contributed by atoms with Crippen molar-refractivity contribution >= 4 is 51.7 Å². The zero-order valence-electron chi connectivity index (χ0n) is 17.6. The second-order valence-electron chi connectivity index (χ2n) is 6.78. The van der Waals surface area contributed by atoms with Crippen LogP contribution in [-0.2, 0) is 9.59 Å². The van der Waals surface area contributed by atoms with Crippen molar-refractivity contribution in [2.24, 2.45) is 0 Å². The Balaban J connectivity index is 1.76. The average molecular weight is 469 g/mol. The van der Waals surface area contributed by atoms with E-state index in [-0.39, 0.29) is 5.70 Å². The molecule has 0 spiro atoms. The van der Waals surface area contributed by atoms with E-state index < -0.39 is 11.8 Å². The number of benzene rings is 2. The van der Waals surface area contributed by atoms with E-state index in [1.807, 2.05) is 31.4 Å². The van der Waals surface area contributed by atoms with E-state index in [2.05, 4.69) is 5.32 Å². The highest BCUT2D eigenvalue weighted by molar-refractivity contribution is 7.11. The van der Waals surface area contributed by atoms with E-state index in [1.165, 1.54) is 11.3 Å². The zero-order chi connectivity index (χ0) is 22.7. The van der Waals surface area contributed by atoms with Crippen LogP contribution in [0.4, 0.5) is 11.4 Å². The molecule has 0 unspecified atom stereocenters. The van der Waals surface area contributed by atoms with Crippen LogP contribution < -0.4 is 19.7 Å². The molecule has 0 aliphatic carbocycles. The summed E-state index contributed by atoms with van der Waals surface area (Å²) >= 11 is 7.69. The Bertz CT molecular complexity index is 1190. The quantitative estimate of drug-likeness (QED) is 0.436. The van der Waals surface area contributed by atoms with Crippen molar-refractivity contribution in [3.63, 3.8) is 0 Å². The molecule has 4 rings (SSSR count). The molecule has 1 aromatic heterocycles. The molecule has 1 aliphatic heterocycles. The molecule has 2 amide bonds. The molecule has 1 N–H and O–H groups in total.